The lowest BCUT2D eigenvalue weighted by Gasteiger charge is -2.23. The molecule has 5 nitrogen and oxygen atoms in total. The summed E-state index contributed by atoms with van der Waals surface area (Å²) < 4.78 is 47.1. The molecule has 0 unspecified atom stereocenters. The summed E-state index contributed by atoms with van der Waals surface area (Å²) in [5.41, 5.74) is 2.75. The number of carbonyl (C=O) groups is 1. The summed E-state index contributed by atoms with van der Waals surface area (Å²) in [6, 6.07) is 5.84. The van der Waals surface area contributed by atoms with E-state index in [0.29, 0.717) is 17.8 Å². The Morgan fingerprint density at radius 3 is 2.71 bits per heavy atom. The van der Waals surface area contributed by atoms with Crippen LogP contribution in [0.1, 0.15) is 40.9 Å². The van der Waals surface area contributed by atoms with Gasteiger partial charge in [0.2, 0.25) is 5.91 Å². The molecule has 3 heterocycles. The highest BCUT2D eigenvalue weighted by molar-refractivity contribution is 5.78. The zero-order chi connectivity index (χ0) is 19.5. The first-order valence-electron chi connectivity index (χ1n) is 9.59. The average Bonchev–Trinajstić information content (AvgIpc) is 3.35. The number of carbonyl (C=O) groups excluding carboxylic acids is 1. The molecule has 2 aromatic rings. The second kappa shape index (κ2) is 6.34. The number of alkyl halides is 3. The fourth-order valence-electron chi connectivity index (χ4n) is 4.67. The number of ether oxygens (including phenoxy) is 1. The molecule has 1 saturated heterocycles. The molecule has 2 aliphatic heterocycles. The molecule has 5 rings (SSSR count). The molecular weight excluding hydrogens is 371 g/mol. The van der Waals surface area contributed by atoms with E-state index in [2.05, 4.69) is 5.10 Å². The molecule has 0 bridgehead atoms. The van der Waals surface area contributed by atoms with Crippen molar-refractivity contribution in [2.45, 2.75) is 50.9 Å². The maximum atomic E-state index is 13.4. The first kappa shape index (κ1) is 17.7. The average molecular weight is 391 g/mol. The molecule has 148 valence electrons. The van der Waals surface area contributed by atoms with Crippen LogP contribution in [0.15, 0.2) is 18.2 Å². The first-order chi connectivity index (χ1) is 13.4. The van der Waals surface area contributed by atoms with Gasteiger partial charge in [-0.1, -0.05) is 6.07 Å². The maximum Gasteiger partial charge on any atom is 0.435 e. The van der Waals surface area contributed by atoms with E-state index in [4.69, 9.17) is 4.74 Å². The van der Waals surface area contributed by atoms with E-state index in [9.17, 15) is 18.0 Å². The number of hydrogen-bond donors (Lipinski definition) is 0. The predicted octanol–water partition coefficient (Wildman–Crippen LogP) is 3.05. The number of aromatic nitrogens is 2. The van der Waals surface area contributed by atoms with E-state index in [1.807, 2.05) is 23.1 Å². The Labute approximate surface area is 160 Å². The van der Waals surface area contributed by atoms with Crippen LogP contribution in [0.3, 0.4) is 0 Å². The Kier molecular flexibility index (Phi) is 4.01. The summed E-state index contributed by atoms with van der Waals surface area (Å²) in [5.74, 6) is 0.200. The minimum absolute atomic E-state index is 0.125. The van der Waals surface area contributed by atoms with Gasteiger partial charge in [0.25, 0.3) is 0 Å². The normalized spacial score (nSPS) is 21.9. The van der Waals surface area contributed by atoms with Gasteiger partial charge in [0.15, 0.2) is 5.69 Å². The van der Waals surface area contributed by atoms with E-state index in [1.165, 1.54) is 4.68 Å². The van der Waals surface area contributed by atoms with Crippen LogP contribution < -0.4 is 0 Å². The second-order valence-corrected chi connectivity index (χ2v) is 7.69. The summed E-state index contributed by atoms with van der Waals surface area (Å²) in [5, 5.41) is 3.91. The van der Waals surface area contributed by atoms with Gasteiger partial charge in [-0.2, -0.15) is 18.3 Å². The molecule has 0 spiro atoms. The number of rotatable bonds is 2. The maximum absolute atomic E-state index is 13.4. The molecule has 1 aliphatic carbocycles. The van der Waals surface area contributed by atoms with Crippen molar-refractivity contribution in [3.8, 4) is 5.69 Å². The van der Waals surface area contributed by atoms with Gasteiger partial charge >= 0.3 is 6.18 Å². The number of amides is 1. The Balaban J connectivity index is 1.50. The van der Waals surface area contributed by atoms with Crippen molar-refractivity contribution in [2.75, 3.05) is 13.2 Å². The number of halogens is 3. The van der Waals surface area contributed by atoms with Crippen molar-refractivity contribution in [3.63, 3.8) is 0 Å². The van der Waals surface area contributed by atoms with Crippen molar-refractivity contribution >= 4 is 5.91 Å². The van der Waals surface area contributed by atoms with Gasteiger partial charge in [0.1, 0.15) is 0 Å². The molecule has 1 amide bonds. The molecule has 28 heavy (non-hydrogen) atoms. The van der Waals surface area contributed by atoms with E-state index in [0.717, 1.165) is 36.9 Å². The third-order valence-electron chi connectivity index (χ3n) is 5.99. The van der Waals surface area contributed by atoms with Crippen LogP contribution in [0.25, 0.3) is 5.69 Å². The summed E-state index contributed by atoms with van der Waals surface area (Å²) in [4.78, 5) is 14.0. The second-order valence-electron chi connectivity index (χ2n) is 7.69. The molecule has 8 heteroatoms. The van der Waals surface area contributed by atoms with Crippen LogP contribution in [-0.2, 0) is 41.6 Å². The lowest BCUT2D eigenvalue weighted by molar-refractivity contribution is -0.142. The third kappa shape index (κ3) is 2.82. The number of hydrogen-bond acceptors (Lipinski definition) is 3. The van der Waals surface area contributed by atoms with E-state index in [-0.39, 0.29) is 37.1 Å². The van der Waals surface area contributed by atoms with Gasteiger partial charge in [0.05, 0.1) is 24.6 Å². The highest BCUT2D eigenvalue weighted by Crippen LogP contribution is 2.36. The lowest BCUT2D eigenvalue weighted by Crippen LogP contribution is -2.36. The largest absolute Gasteiger partial charge is 0.435 e. The molecule has 0 radical (unpaired) electrons. The third-order valence-corrected chi connectivity index (χ3v) is 5.99. The zero-order valence-corrected chi connectivity index (χ0v) is 15.3. The molecule has 0 N–H and O–H groups in total. The fourth-order valence-corrected chi connectivity index (χ4v) is 4.67. The van der Waals surface area contributed by atoms with Crippen LogP contribution in [0.2, 0.25) is 0 Å². The summed E-state index contributed by atoms with van der Waals surface area (Å²) in [6.45, 7) is 1.20. The lowest BCUT2D eigenvalue weighted by atomic mass is 10.1. The first-order valence-corrected chi connectivity index (χ1v) is 9.59. The van der Waals surface area contributed by atoms with Gasteiger partial charge in [0, 0.05) is 24.6 Å². The quantitative estimate of drug-likeness (QED) is 0.791. The van der Waals surface area contributed by atoms with E-state index in [1.54, 1.807) is 0 Å². The minimum Gasteiger partial charge on any atom is -0.375 e. The molecule has 1 aromatic heterocycles. The fraction of sp³-hybridized carbons (Fsp3) is 0.500. The topological polar surface area (TPSA) is 47.4 Å². The summed E-state index contributed by atoms with van der Waals surface area (Å²) >= 11 is 0. The molecule has 1 aromatic carbocycles. The standard InChI is InChI=1S/C20H20F3N3O2/c21-20(22,23)19-16-5-7-28-11-17(16)26(24-19)14-4-3-12-8-15(10-13(12)9-14)25-6-1-2-18(25)27/h3-4,9,15H,1-2,5-8,10-11H2/t15-/m1/s1. The number of benzene rings is 1. The van der Waals surface area contributed by atoms with Gasteiger partial charge in [-0.25, -0.2) is 4.68 Å². The molecule has 1 atom stereocenters. The van der Waals surface area contributed by atoms with Crippen LogP contribution in [0, 0.1) is 0 Å². The smallest absolute Gasteiger partial charge is 0.375 e. The van der Waals surface area contributed by atoms with Crippen LogP contribution in [0.5, 0.6) is 0 Å². The van der Waals surface area contributed by atoms with Crippen LogP contribution in [0.4, 0.5) is 13.2 Å². The van der Waals surface area contributed by atoms with Crippen molar-refractivity contribution < 1.29 is 22.7 Å². The number of fused-ring (bicyclic) bond motifs is 2. The monoisotopic (exact) mass is 391 g/mol. The van der Waals surface area contributed by atoms with Crippen molar-refractivity contribution in [1.82, 2.24) is 14.7 Å². The highest BCUT2D eigenvalue weighted by Gasteiger charge is 2.40. The SMILES string of the molecule is O=C1CCCN1[C@@H]1Cc2ccc(-n3nc(C(F)(F)F)c4c3COCC4)cc2C1. The van der Waals surface area contributed by atoms with E-state index < -0.39 is 11.9 Å². The molecule has 0 saturated carbocycles. The number of likely N-dealkylation sites (tertiary alicyclic amines) is 1. The molecule has 3 aliphatic rings. The Morgan fingerprint density at radius 1 is 1.14 bits per heavy atom. The zero-order valence-electron chi connectivity index (χ0n) is 15.3. The Hall–Kier alpha value is -2.35. The van der Waals surface area contributed by atoms with Gasteiger partial charge in [-0.3, -0.25) is 4.79 Å². The Bertz CT molecular complexity index is 951. The Morgan fingerprint density at radius 2 is 1.96 bits per heavy atom. The van der Waals surface area contributed by atoms with Crippen LogP contribution in [-0.4, -0.2) is 39.8 Å². The van der Waals surface area contributed by atoms with Crippen LogP contribution >= 0.6 is 0 Å². The van der Waals surface area contributed by atoms with Gasteiger partial charge in [-0.15, -0.1) is 0 Å². The summed E-state index contributed by atoms with van der Waals surface area (Å²) in [6.07, 6.45) is -1.22. The van der Waals surface area contributed by atoms with E-state index >= 15 is 0 Å². The molecule has 1 fully saturated rings. The summed E-state index contributed by atoms with van der Waals surface area (Å²) in [7, 11) is 0. The minimum atomic E-state index is -4.48. The highest BCUT2D eigenvalue weighted by atomic mass is 19.4. The predicted molar refractivity (Wildman–Crippen MR) is 94.1 cm³/mol. The van der Waals surface area contributed by atoms with Gasteiger partial charge in [-0.05, 0) is 48.9 Å². The van der Waals surface area contributed by atoms with Crippen molar-refractivity contribution in [1.29, 1.82) is 0 Å². The number of nitrogens with zero attached hydrogens (tertiary/aromatic N) is 3. The molecular formula is C20H20F3N3O2. The van der Waals surface area contributed by atoms with Crippen molar-refractivity contribution in [3.05, 3.63) is 46.3 Å². The van der Waals surface area contributed by atoms with Gasteiger partial charge < -0.3 is 9.64 Å². The van der Waals surface area contributed by atoms with Crippen molar-refractivity contribution in [2.24, 2.45) is 0 Å².